The molecule has 0 heterocycles. The molecule has 1 nitrogen and oxygen atoms in total. The van der Waals surface area contributed by atoms with E-state index in [0.29, 0.717) is 11.6 Å². The monoisotopic (exact) mass is 223 g/mol. The highest BCUT2D eigenvalue weighted by atomic mass is 35.5. The molecule has 0 N–H and O–H groups in total. The van der Waals surface area contributed by atoms with Crippen molar-refractivity contribution in [1.29, 1.82) is 0 Å². The molecule has 81 valence electrons. The lowest BCUT2D eigenvalue weighted by Gasteiger charge is -2.13. The van der Waals surface area contributed by atoms with Gasteiger partial charge in [-0.25, -0.2) is 0 Å². The minimum atomic E-state index is 0.0816. The topological polar surface area (TPSA) is 9.23 Å². The van der Waals surface area contributed by atoms with Crippen LogP contribution in [0.5, 0.6) is 5.75 Å². The van der Waals surface area contributed by atoms with Crippen LogP contribution in [0.4, 0.5) is 0 Å². The SMILES string of the molecule is [CH2]C(C(=C)C)c1ccc(OCC)c(Cl)c1. The van der Waals surface area contributed by atoms with Crippen molar-refractivity contribution < 1.29 is 4.74 Å². The lowest BCUT2D eigenvalue weighted by atomic mass is 9.95. The van der Waals surface area contributed by atoms with Crippen molar-refractivity contribution in [3.05, 3.63) is 47.9 Å². The molecule has 0 aliphatic carbocycles. The summed E-state index contributed by atoms with van der Waals surface area (Å²) in [7, 11) is 0. The fourth-order valence-electron chi connectivity index (χ4n) is 1.29. The molecule has 2 heteroatoms. The number of allylic oxidation sites excluding steroid dienone is 1. The Bertz CT molecular complexity index is 358. The van der Waals surface area contributed by atoms with Crippen LogP contribution in [0.1, 0.15) is 25.3 Å². The van der Waals surface area contributed by atoms with Gasteiger partial charge in [0, 0.05) is 5.92 Å². The van der Waals surface area contributed by atoms with Crippen molar-refractivity contribution in [2.45, 2.75) is 19.8 Å². The zero-order valence-electron chi connectivity index (χ0n) is 9.22. The first-order chi connectivity index (χ1) is 7.06. The van der Waals surface area contributed by atoms with Gasteiger partial charge in [-0.2, -0.15) is 0 Å². The summed E-state index contributed by atoms with van der Waals surface area (Å²) in [6.45, 7) is 12.4. The van der Waals surface area contributed by atoms with E-state index in [1.807, 2.05) is 32.0 Å². The molecule has 1 atom stereocenters. The zero-order chi connectivity index (χ0) is 11.4. The Morgan fingerprint density at radius 3 is 2.67 bits per heavy atom. The zero-order valence-corrected chi connectivity index (χ0v) is 9.97. The molecule has 1 unspecified atom stereocenters. The van der Waals surface area contributed by atoms with Gasteiger partial charge < -0.3 is 4.74 Å². The van der Waals surface area contributed by atoms with Crippen LogP contribution >= 0.6 is 11.6 Å². The average Bonchev–Trinajstić information content (AvgIpc) is 2.20. The number of halogens is 1. The Morgan fingerprint density at radius 1 is 1.53 bits per heavy atom. The molecule has 1 aromatic rings. The molecule has 1 aromatic carbocycles. The van der Waals surface area contributed by atoms with E-state index in [9.17, 15) is 0 Å². The molecule has 0 aliphatic rings. The van der Waals surface area contributed by atoms with Gasteiger partial charge in [-0.3, -0.25) is 0 Å². The molecule has 0 bridgehead atoms. The van der Waals surface area contributed by atoms with Crippen LogP contribution in [0.2, 0.25) is 5.02 Å². The maximum absolute atomic E-state index is 6.07. The van der Waals surface area contributed by atoms with Crippen molar-refractivity contribution in [2.24, 2.45) is 0 Å². The van der Waals surface area contributed by atoms with Gasteiger partial charge in [0.05, 0.1) is 11.6 Å². The van der Waals surface area contributed by atoms with E-state index < -0.39 is 0 Å². The summed E-state index contributed by atoms with van der Waals surface area (Å²) >= 11 is 6.07. The van der Waals surface area contributed by atoms with Gasteiger partial charge in [-0.1, -0.05) is 29.8 Å². The molecular weight excluding hydrogens is 208 g/mol. The van der Waals surface area contributed by atoms with Crippen molar-refractivity contribution in [3.8, 4) is 5.75 Å². The minimum absolute atomic E-state index is 0.0816. The van der Waals surface area contributed by atoms with Crippen LogP contribution in [0.3, 0.4) is 0 Å². The van der Waals surface area contributed by atoms with E-state index in [-0.39, 0.29) is 5.92 Å². The van der Waals surface area contributed by atoms with Crippen molar-refractivity contribution in [2.75, 3.05) is 6.61 Å². The number of rotatable bonds is 4. The largest absolute Gasteiger partial charge is 0.492 e. The van der Waals surface area contributed by atoms with Crippen LogP contribution in [0.25, 0.3) is 0 Å². The fraction of sp³-hybridized carbons (Fsp3) is 0.308. The summed E-state index contributed by atoms with van der Waals surface area (Å²) in [5, 5.41) is 0.629. The van der Waals surface area contributed by atoms with Crippen LogP contribution in [0.15, 0.2) is 30.4 Å². The van der Waals surface area contributed by atoms with E-state index in [0.717, 1.165) is 16.9 Å². The number of benzene rings is 1. The Labute approximate surface area is 96.7 Å². The lowest BCUT2D eigenvalue weighted by molar-refractivity contribution is 0.340. The minimum Gasteiger partial charge on any atom is -0.492 e. The molecule has 0 fully saturated rings. The normalized spacial score (nSPS) is 12.3. The van der Waals surface area contributed by atoms with Gasteiger partial charge in [0.1, 0.15) is 5.75 Å². The summed E-state index contributed by atoms with van der Waals surface area (Å²) in [6, 6.07) is 5.74. The van der Waals surface area contributed by atoms with E-state index >= 15 is 0 Å². The van der Waals surface area contributed by atoms with Crippen LogP contribution < -0.4 is 4.74 Å². The molecule has 1 rings (SSSR count). The number of hydrogen-bond donors (Lipinski definition) is 0. The summed E-state index contributed by atoms with van der Waals surface area (Å²) < 4.78 is 5.36. The Hall–Kier alpha value is -0.950. The third-order valence-corrected chi connectivity index (χ3v) is 2.55. The molecule has 15 heavy (non-hydrogen) atoms. The molecule has 1 radical (unpaired) electrons. The molecule has 0 saturated carbocycles. The van der Waals surface area contributed by atoms with E-state index in [2.05, 4.69) is 13.5 Å². The molecular formula is C13H16ClO. The highest BCUT2D eigenvalue weighted by Crippen LogP contribution is 2.30. The first-order valence-corrected chi connectivity index (χ1v) is 5.34. The first-order valence-electron chi connectivity index (χ1n) is 4.97. The molecule has 0 aromatic heterocycles. The molecule has 0 saturated heterocycles. The third kappa shape index (κ3) is 3.00. The predicted molar refractivity (Wildman–Crippen MR) is 65.5 cm³/mol. The lowest BCUT2D eigenvalue weighted by Crippen LogP contribution is -1.97. The average molecular weight is 224 g/mol. The highest BCUT2D eigenvalue weighted by molar-refractivity contribution is 6.32. The summed E-state index contributed by atoms with van der Waals surface area (Å²) in [4.78, 5) is 0. The maximum atomic E-state index is 6.07. The van der Waals surface area contributed by atoms with E-state index in [1.54, 1.807) is 0 Å². The Kier molecular flexibility index (Phi) is 4.22. The Morgan fingerprint density at radius 2 is 2.20 bits per heavy atom. The number of ether oxygens (including phenoxy) is 1. The van der Waals surface area contributed by atoms with Crippen molar-refractivity contribution in [3.63, 3.8) is 0 Å². The smallest absolute Gasteiger partial charge is 0.137 e. The summed E-state index contributed by atoms with van der Waals surface area (Å²) in [6.07, 6.45) is 0. The highest BCUT2D eigenvalue weighted by Gasteiger charge is 2.09. The van der Waals surface area contributed by atoms with Gasteiger partial charge >= 0.3 is 0 Å². The van der Waals surface area contributed by atoms with Gasteiger partial charge in [0.2, 0.25) is 0 Å². The maximum Gasteiger partial charge on any atom is 0.137 e. The van der Waals surface area contributed by atoms with Crippen molar-refractivity contribution >= 4 is 11.6 Å². The predicted octanol–water partition coefficient (Wildman–Crippen LogP) is 4.23. The van der Waals surface area contributed by atoms with Crippen LogP contribution in [-0.2, 0) is 0 Å². The first kappa shape index (κ1) is 12.1. The van der Waals surface area contributed by atoms with Crippen LogP contribution in [-0.4, -0.2) is 6.61 Å². The Balaban J connectivity index is 2.95. The van der Waals surface area contributed by atoms with Gasteiger partial charge in [-0.15, -0.1) is 0 Å². The third-order valence-electron chi connectivity index (χ3n) is 2.25. The second-order valence-corrected chi connectivity index (χ2v) is 3.93. The fourth-order valence-corrected chi connectivity index (χ4v) is 1.53. The number of hydrogen-bond acceptors (Lipinski definition) is 1. The van der Waals surface area contributed by atoms with Gasteiger partial charge in [-0.05, 0) is 38.5 Å². The second-order valence-electron chi connectivity index (χ2n) is 3.52. The standard InChI is InChI=1S/C13H16ClO/c1-5-15-13-7-6-11(8-12(13)14)10(4)9(2)3/h6-8,10H,2,4-5H2,1,3H3. The molecule has 0 aliphatic heterocycles. The molecule has 0 amide bonds. The summed E-state index contributed by atoms with van der Waals surface area (Å²) in [5.74, 6) is 0.801. The van der Waals surface area contributed by atoms with E-state index in [1.165, 1.54) is 0 Å². The van der Waals surface area contributed by atoms with Crippen molar-refractivity contribution in [1.82, 2.24) is 0 Å². The quantitative estimate of drug-likeness (QED) is 0.694. The van der Waals surface area contributed by atoms with Gasteiger partial charge in [0.25, 0.3) is 0 Å². The van der Waals surface area contributed by atoms with E-state index in [4.69, 9.17) is 16.3 Å². The second kappa shape index (κ2) is 5.22. The summed E-state index contributed by atoms with van der Waals surface area (Å²) in [5.41, 5.74) is 2.09. The van der Waals surface area contributed by atoms with Gasteiger partial charge in [0.15, 0.2) is 0 Å². The molecule has 0 spiro atoms. The van der Waals surface area contributed by atoms with Crippen LogP contribution in [0, 0.1) is 6.92 Å².